The quantitative estimate of drug-likeness (QED) is 0.764. The van der Waals surface area contributed by atoms with Gasteiger partial charge in [0, 0.05) is 24.3 Å². The summed E-state index contributed by atoms with van der Waals surface area (Å²) in [6.45, 7) is 3.75. The number of nitrogens with two attached hydrogens (primary N) is 1. The van der Waals surface area contributed by atoms with Crippen LogP contribution in [0.25, 0.3) is 0 Å². The Labute approximate surface area is 102 Å². The predicted octanol–water partition coefficient (Wildman–Crippen LogP) is 1.71. The Kier molecular flexibility index (Phi) is 3.64. The fourth-order valence-corrected chi connectivity index (χ4v) is 2.11. The predicted molar refractivity (Wildman–Crippen MR) is 68.5 cm³/mol. The Balaban J connectivity index is 2.06. The average Bonchev–Trinajstić information content (AvgIpc) is 2.34. The molecule has 0 atom stereocenters. The van der Waals surface area contributed by atoms with E-state index in [9.17, 15) is 4.79 Å². The maximum Gasteiger partial charge on any atom is 0.265 e. The van der Waals surface area contributed by atoms with Gasteiger partial charge < -0.3 is 5.73 Å². The molecular formula is C13H19N3O. The first-order chi connectivity index (χ1) is 8.18. The number of carbonyl (C=O) groups is 1. The minimum atomic E-state index is -0.0586. The number of hydrogen-bond donors (Lipinski definition) is 2. The fraction of sp³-hybridized carbons (Fsp3) is 0.462. The molecule has 1 aromatic carbocycles. The summed E-state index contributed by atoms with van der Waals surface area (Å²) in [6.07, 6.45) is 3.55. The fourth-order valence-electron chi connectivity index (χ4n) is 2.11. The van der Waals surface area contributed by atoms with Crippen molar-refractivity contribution in [2.24, 2.45) is 0 Å². The van der Waals surface area contributed by atoms with Crippen LogP contribution in [0.5, 0.6) is 0 Å². The van der Waals surface area contributed by atoms with E-state index in [0.717, 1.165) is 31.5 Å². The Morgan fingerprint density at radius 1 is 1.29 bits per heavy atom. The molecule has 0 bridgehead atoms. The molecule has 1 aromatic rings. The van der Waals surface area contributed by atoms with Crippen LogP contribution in [0.1, 0.15) is 35.2 Å². The second-order valence-electron chi connectivity index (χ2n) is 4.51. The molecule has 0 aliphatic carbocycles. The van der Waals surface area contributed by atoms with Gasteiger partial charge >= 0.3 is 0 Å². The highest BCUT2D eigenvalue weighted by Gasteiger charge is 2.15. The van der Waals surface area contributed by atoms with E-state index in [0.29, 0.717) is 11.3 Å². The van der Waals surface area contributed by atoms with Crippen LogP contribution in [0.4, 0.5) is 5.69 Å². The molecule has 1 heterocycles. The number of piperidine rings is 1. The van der Waals surface area contributed by atoms with Crippen LogP contribution < -0.4 is 11.2 Å². The smallest absolute Gasteiger partial charge is 0.265 e. The first-order valence-electron chi connectivity index (χ1n) is 6.09. The van der Waals surface area contributed by atoms with E-state index in [1.807, 2.05) is 30.1 Å². The standard InChI is InChI=1S/C13H19N3O/c1-10-11(6-5-7-12(10)14)13(17)15-16-8-3-2-4-9-16/h5-7H,2-4,8-9,14H2,1H3,(H,15,17). The number of hydrazine groups is 1. The van der Waals surface area contributed by atoms with Gasteiger partial charge in [0.2, 0.25) is 0 Å². The van der Waals surface area contributed by atoms with Crippen LogP contribution in [0.3, 0.4) is 0 Å². The van der Waals surface area contributed by atoms with Crippen molar-refractivity contribution >= 4 is 11.6 Å². The summed E-state index contributed by atoms with van der Waals surface area (Å²) in [5.41, 5.74) is 10.9. The van der Waals surface area contributed by atoms with Gasteiger partial charge in [-0.2, -0.15) is 0 Å². The largest absolute Gasteiger partial charge is 0.398 e. The van der Waals surface area contributed by atoms with Crippen molar-refractivity contribution in [3.63, 3.8) is 0 Å². The molecule has 0 aromatic heterocycles. The SMILES string of the molecule is Cc1c(N)cccc1C(=O)NN1CCCCC1. The van der Waals surface area contributed by atoms with E-state index < -0.39 is 0 Å². The number of nitrogens with one attached hydrogen (secondary N) is 1. The molecule has 1 saturated heterocycles. The molecule has 1 amide bonds. The summed E-state index contributed by atoms with van der Waals surface area (Å²) < 4.78 is 0. The Bertz CT molecular complexity index is 411. The van der Waals surface area contributed by atoms with Gasteiger partial charge in [-0.15, -0.1) is 0 Å². The topological polar surface area (TPSA) is 58.4 Å². The van der Waals surface area contributed by atoms with E-state index in [2.05, 4.69) is 5.43 Å². The molecular weight excluding hydrogens is 214 g/mol. The average molecular weight is 233 g/mol. The zero-order chi connectivity index (χ0) is 12.3. The number of anilines is 1. The van der Waals surface area contributed by atoms with Gasteiger partial charge in [0.05, 0.1) is 0 Å². The summed E-state index contributed by atoms with van der Waals surface area (Å²) in [5, 5.41) is 1.99. The highest BCUT2D eigenvalue weighted by molar-refractivity contribution is 5.96. The van der Waals surface area contributed by atoms with Crippen molar-refractivity contribution < 1.29 is 4.79 Å². The Morgan fingerprint density at radius 3 is 2.71 bits per heavy atom. The second kappa shape index (κ2) is 5.19. The molecule has 0 saturated carbocycles. The van der Waals surface area contributed by atoms with Gasteiger partial charge in [-0.1, -0.05) is 12.5 Å². The minimum absolute atomic E-state index is 0.0586. The van der Waals surface area contributed by atoms with Gasteiger partial charge in [-0.05, 0) is 37.5 Å². The van der Waals surface area contributed by atoms with Crippen molar-refractivity contribution in [1.82, 2.24) is 10.4 Å². The number of rotatable bonds is 2. The lowest BCUT2D eigenvalue weighted by Crippen LogP contribution is -2.45. The summed E-state index contributed by atoms with van der Waals surface area (Å²) in [4.78, 5) is 12.1. The number of amides is 1. The first-order valence-corrected chi connectivity index (χ1v) is 6.09. The molecule has 0 spiro atoms. The molecule has 4 nitrogen and oxygen atoms in total. The zero-order valence-electron chi connectivity index (χ0n) is 10.2. The maximum absolute atomic E-state index is 12.1. The third-order valence-electron chi connectivity index (χ3n) is 3.24. The van der Waals surface area contributed by atoms with Crippen LogP contribution in [0, 0.1) is 6.92 Å². The van der Waals surface area contributed by atoms with Gasteiger partial charge in [-0.25, -0.2) is 5.01 Å². The van der Waals surface area contributed by atoms with Gasteiger partial charge in [0.15, 0.2) is 0 Å². The van der Waals surface area contributed by atoms with E-state index >= 15 is 0 Å². The highest BCUT2D eigenvalue weighted by Crippen LogP contribution is 2.15. The third kappa shape index (κ3) is 2.77. The number of hydrogen-bond acceptors (Lipinski definition) is 3. The molecule has 1 fully saturated rings. The summed E-state index contributed by atoms with van der Waals surface area (Å²) in [7, 11) is 0. The molecule has 4 heteroatoms. The van der Waals surface area contributed by atoms with E-state index in [1.54, 1.807) is 0 Å². The van der Waals surface area contributed by atoms with Crippen molar-refractivity contribution in [2.75, 3.05) is 18.8 Å². The van der Waals surface area contributed by atoms with Gasteiger partial charge in [0.25, 0.3) is 5.91 Å². The van der Waals surface area contributed by atoms with E-state index in [-0.39, 0.29) is 5.91 Å². The number of nitrogen functional groups attached to an aromatic ring is 1. The van der Waals surface area contributed by atoms with Crippen LogP contribution in [-0.4, -0.2) is 24.0 Å². The number of carbonyl (C=O) groups excluding carboxylic acids is 1. The van der Waals surface area contributed by atoms with E-state index in [4.69, 9.17) is 5.73 Å². The van der Waals surface area contributed by atoms with Crippen LogP contribution >= 0.6 is 0 Å². The van der Waals surface area contributed by atoms with E-state index in [1.165, 1.54) is 6.42 Å². The molecule has 0 radical (unpaired) electrons. The molecule has 0 unspecified atom stereocenters. The zero-order valence-corrected chi connectivity index (χ0v) is 10.2. The lowest BCUT2D eigenvalue weighted by atomic mass is 10.1. The second-order valence-corrected chi connectivity index (χ2v) is 4.51. The summed E-state index contributed by atoms with van der Waals surface area (Å²) >= 11 is 0. The number of nitrogens with zero attached hydrogens (tertiary/aromatic N) is 1. The Morgan fingerprint density at radius 2 is 2.00 bits per heavy atom. The van der Waals surface area contributed by atoms with Crippen LogP contribution in [-0.2, 0) is 0 Å². The van der Waals surface area contributed by atoms with Gasteiger partial charge in [-0.3, -0.25) is 10.2 Å². The van der Waals surface area contributed by atoms with Crippen molar-refractivity contribution in [3.05, 3.63) is 29.3 Å². The summed E-state index contributed by atoms with van der Waals surface area (Å²) in [6, 6.07) is 5.44. The molecule has 1 aliphatic rings. The summed E-state index contributed by atoms with van der Waals surface area (Å²) in [5.74, 6) is -0.0586. The van der Waals surface area contributed by atoms with Crippen molar-refractivity contribution in [1.29, 1.82) is 0 Å². The molecule has 2 rings (SSSR count). The molecule has 92 valence electrons. The monoisotopic (exact) mass is 233 g/mol. The normalized spacial score (nSPS) is 16.8. The van der Waals surface area contributed by atoms with Crippen molar-refractivity contribution in [2.45, 2.75) is 26.2 Å². The van der Waals surface area contributed by atoms with Crippen LogP contribution in [0.15, 0.2) is 18.2 Å². The molecule has 3 N–H and O–H groups in total. The van der Waals surface area contributed by atoms with Gasteiger partial charge in [0.1, 0.15) is 0 Å². The van der Waals surface area contributed by atoms with Crippen molar-refractivity contribution in [3.8, 4) is 0 Å². The maximum atomic E-state index is 12.1. The molecule has 17 heavy (non-hydrogen) atoms. The first kappa shape index (κ1) is 11.9. The number of benzene rings is 1. The lowest BCUT2D eigenvalue weighted by Gasteiger charge is -2.27. The Hall–Kier alpha value is -1.55. The minimum Gasteiger partial charge on any atom is -0.398 e. The molecule has 1 aliphatic heterocycles. The highest BCUT2D eigenvalue weighted by atomic mass is 16.2. The third-order valence-corrected chi connectivity index (χ3v) is 3.24. The van der Waals surface area contributed by atoms with Crippen LogP contribution in [0.2, 0.25) is 0 Å². The lowest BCUT2D eigenvalue weighted by molar-refractivity contribution is 0.0749.